The SMILES string of the molecule is CCC(C)(C)c1cc(CC(O)CNCCO)cc(C(C)(C)CC)c1O. The molecular formula is C21H37NO3. The van der Waals surface area contributed by atoms with E-state index >= 15 is 0 Å². The van der Waals surface area contributed by atoms with Gasteiger partial charge in [0.2, 0.25) is 0 Å². The largest absolute Gasteiger partial charge is 0.507 e. The molecule has 1 aromatic carbocycles. The molecule has 0 aliphatic carbocycles. The highest BCUT2D eigenvalue weighted by Gasteiger charge is 2.29. The highest BCUT2D eigenvalue weighted by molar-refractivity contribution is 5.50. The molecule has 0 heterocycles. The normalized spacial score (nSPS) is 13.9. The molecule has 0 aliphatic rings. The summed E-state index contributed by atoms with van der Waals surface area (Å²) >= 11 is 0. The van der Waals surface area contributed by atoms with E-state index in [1.807, 2.05) is 12.1 Å². The van der Waals surface area contributed by atoms with Gasteiger partial charge in [0.1, 0.15) is 5.75 Å². The minimum absolute atomic E-state index is 0.0651. The van der Waals surface area contributed by atoms with Crippen molar-refractivity contribution in [3.63, 3.8) is 0 Å². The smallest absolute Gasteiger partial charge is 0.123 e. The van der Waals surface area contributed by atoms with Crippen molar-refractivity contribution < 1.29 is 15.3 Å². The number of phenolic OH excluding ortho intramolecular Hbond substituents is 1. The molecule has 25 heavy (non-hydrogen) atoms. The molecule has 0 aliphatic heterocycles. The number of aliphatic hydroxyl groups is 2. The Morgan fingerprint density at radius 2 is 1.48 bits per heavy atom. The molecular weight excluding hydrogens is 314 g/mol. The average molecular weight is 352 g/mol. The Bertz CT molecular complexity index is 515. The molecule has 0 radical (unpaired) electrons. The van der Waals surface area contributed by atoms with E-state index in [-0.39, 0.29) is 17.4 Å². The standard InChI is InChI=1S/C21H37NO3/c1-7-20(3,4)17-12-15(11-16(24)14-22-9-10-23)13-18(19(17)25)21(5,6)8-2/h12-13,16,22-25H,7-11,14H2,1-6H3. The predicted molar refractivity (Wildman–Crippen MR) is 104 cm³/mol. The van der Waals surface area contributed by atoms with Gasteiger partial charge in [-0.25, -0.2) is 0 Å². The van der Waals surface area contributed by atoms with E-state index in [0.717, 1.165) is 29.5 Å². The molecule has 1 atom stereocenters. The molecule has 144 valence electrons. The summed E-state index contributed by atoms with van der Waals surface area (Å²) in [6, 6.07) is 4.09. The summed E-state index contributed by atoms with van der Waals surface area (Å²) in [6.07, 6.45) is 1.86. The molecule has 4 nitrogen and oxygen atoms in total. The summed E-state index contributed by atoms with van der Waals surface area (Å²) in [4.78, 5) is 0. The Labute approximate surface area is 153 Å². The number of phenols is 1. The maximum Gasteiger partial charge on any atom is 0.123 e. The zero-order valence-electron chi connectivity index (χ0n) is 16.8. The van der Waals surface area contributed by atoms with E-state index < -0.39 is 6.10 Å². The maximum absolute atomic E-state index is 11.0. The number of rotatable bonds is 10. The molecule has 0 fully saturated rings. The van der Waals surface area contributed by atoms with Crippen molar-refractivity contribution in [1.29, 1.82) is 0 Å². The monoisotopic (exact) mass is 351 g/mol. The lowest BCUT2D eigenvalue weighted by Crippen LogP contribution is -2.30. The zero-order valence-corrected chi connectivity index (χ0v) is 16.8. The number of hydrogen-bond acceptors (Lipinski definition) is 4. The highest BCUT2D eigenvalue weighted by atomic mass is 16.3. The van der Waals surface area contributed by atoms with Crippen LogP contribution in [0.2, 0.25) is 0 Å². The summed E-state index contributed by atoms with van der Waals surface area (Å²) in [5.74, 6) is 0.398. The number of nitrogens with one attached hydrogen (secondary N) is 1. The van der Waals surface area contributed by atoms with Crippen LogP contribution >= 0.6 is 0 Å². The van der Waals surface area contributed by atoms with Crippen LogP contribution in [0.5, 0.6) is 5.75 Å². The van der Waals surface area contributed by atoms with Crippen LogP contribution in [0.15, 0.2) is 12.1 Å². The van der Waals surface area contributed by atoms with Crippen LogP contribution in [-0.2, 0) is 17.3 Å². The van der Waals surface area contributed by atoms with Gasteiger partial charge in [-0.1, -0.05) is 53.7 Å². The lowest BCUT2D eigenvalue weighted by molar-refractivity contribution is 0.168. The van der Waals surface area contributed by atoms with Crippen LogP contribution in [0, 0.1) is 0 Å². The molecule has 1 rings (SSSR count). The quantitative estimate of drug-likeness (QED) is 0.488. The average Bonchev–Trinajstić information content (AvgIpc) is 2.56. The molecule has 0 saturated heterocycles. The number of aliphatic hydroxyl groups excluding tert-OH is 2. The summed E-state index contributed by atoms with van der Waals surface area (Å²) in [5, 5.41) is 33.1. The minimum atomic E-state index is -0.522. The first-order valence-electron chi connectivity index (χ1n) is 9.45. The third kappa shape index (κ3) is 5.70. The van der Waals surface area contributed by atoms with Crippen LogP contribution in [0.4, 0.5) is 0 Å². The molecule has 0 bridgehead atoms. The highest BCUT2D eigenvalue weighted by Crippen LogP contribution is 2.42. The Morgan fingerprint density at radius 1 is 1.00 bits per heavy atom. The van der Waals surface area contributed by atoms with Gasteiger partial charge in [0.15, 0.2) is 0 Å². The number of hydrogen-bond donors (Lipinski definition) is 4. The van der Waals surface area contributed by atoms with E-state index in [0.29, 0.717) is 25.3 Å². The van der Waals surface area contributed by atoms with E-state index in [2.05, 4.69) is 46.9 Å². The van der Waals surface area contributed by atoms with Crippen LogP contribution in [-0.4, -0.2) is 41.1 Å². The molecule has 0 amide bonds. The predicted octanol–water partition coefficient (Wildman–Crippen LogP) is 3.25. The lowest BCUT2D eigenvalue weighted by atomic mass is 9.74. The molecule has 0 aromatic heterocycles. The summed E-state index contributed by atoms with van der Waals surface area (Å²) < 4.78 is 0. The van der Waals surface area contributed by atoms with Crippen LogP contribution in [0.1, 0.15) is 71.1 Å². The molecule has 1 aromatic rings. The minimum Gasteiger partial charge on any atom is -0.507 e. The van der Waals surface area contributed by atoms with E-state index in [1.165, 1.54) is 0 Å². The van der Waals surface area contributed by atoms with Crippen LogP contribution in [0.3, 0.4) is 0 Å². The van der Waals surface area contributed by atoms with Crippen LogP contribution < -0.4 is 5.32 Å². The fraction of sp³-hybridized carbons (Fsp3) is 0.714. The maximum atomic E-state index is 11.0. The van der Waals surface area contributed by atoms with Crippen molar-refractivity contribution in [3.8, 4) is 5.75 Å². The Hall–Kier alpha value is -1.10. The molecule has 0 saturated carbocycles. The van der Waals surface area contributed by atoms with Crippen LogP contribution in [0.25, 0.3) is 0 Å². The van der Waals surface area contributed by atoms with Crippen molar-refractivity contribution in [2.75, 3.05) is 19.7 Å². The van der Waals surface area contributed by atoms with Gasteiger partial charge in [0.05, 0.1) is 12.7 Å². The van der Waals surface area contributed by atoms with Crippen molar-refractivity contribution in [2.24, 2.45) is 0 Å². The van der Waals surface area contributed by atoms with Crippen molar-refractivity contribution >= 4 is 0 Å². The third-order valence-electron chi connectivity index (χ3n) is 5.54. The van der Waals surface area contributed by atoms with Gasteiger partial charge in [0, 0.05) is 24.2 Å². The van der Waals surface area contributed by atoms with Gasteiger partial charge >= 0.3 is 0 Å². The van der Waals surface area contributed by atoms with Gasteiger partial charge in [0.25, 0.3) is 0 Å². The summed E-state index contributed by atoms with van der Waals surface area (Å²) in [6.45, 7) is 13.8. The van der Waals surface area contributed by atoms with Gasteiger partial charge in [-0.15, -0.1) is 0 Å². The first-order valence-corrected chi connectivity index (χ1v) is 9.45. The summed E-state index contributed by atoms with van der Waals surface area (Å²) in [5.41, 5.74) is 2.71. The van der Waals surface area contributed by atoms with Crippen molar-refractivity contribution in [1.82, 2.24) is 5.32 Å². The molecule has 4 heteroatoms. The topological polar surface area (TPSA) is 72.7 Å². The fourth-order valence-electron chi connectivity index (χ4n) is 2.92. The van der Waals surface area contributed by atoms with Crippen molar-refractivity contribution in [3.05, 3.63) is 28.8 Å². The Kier molecular flexibility index (Phi) is 7.91. The van der Waals surface area contributed by atoms with E-state index in [4.69, 9.17) is 5.11 Å². The first-order chi connectivity index (χ1) is 11.6. The van der Waals surface area contributed by atoms with Gasteiger partial charge < -0.3 is 20.6 Å². The second-order valence-corrected chi connectivity index (χ2v) is 8.30. The number of benzene rings is 1. The van der Waals surface area contributed by atoms with Gasteiger partial charge in [-0.05, 0) is 35.7 Å². The third-order valence-corrected chi connectivity index (χ3v) is 5.54. The molecule has 0 spiro atoms. The lowest BCUT2D eigenvalue weighted by Gasteiger charge is -2.31. The second-order valence-electron chi connectivity index (χ2n) is 8.30. The van der Waals surface area contributed by atoms with Gasteiger partial charge in [-0.3, -0.25) is 0 Å². The first kappa shape index (κ1) is 21.9. The second kappa shape index (κ2) is 9.02. The van der Waals surface area contributed by atoms with E-state index in [1.54, 1.807) is 0 Å². The Morgan fingerprint density at radius 3 is 1.88 bits per heavy atom. The van der Waals surface area contributed by atoms with E-state index in [9.17, 15) is 10.2 Å². The molecule has 1 unspecified atom stereocenters. The zero-order chi connectivity index (χ0) is 19.3. The molecule has 4 N–H and O–H groups in total. The van der Waals surface area contributed by atoms with Crippen molar-refractivity contribution in [2.45, 2.75) is 77.7 Å². The van der Waals surface area contributed by atoms with Gasteiger partial charge in [-0.2, -0.15) is 0 Å². The Balaban J connectivity index is 3.25. The number of aromatic hydroxyl groups is 1. The summed E-state index contributed by atoms with van der Waals surface area (Å²) in [7, 11) is 0. The fourth-order valence-corrected chi connectivity index (χ4v) is 2.92.